The van der Waals surface area contributed by atoms with E-state index in [2.05, 4.69) is 38.9 Å². The van der Waals surface area contributed by atoms with Gasteiger partial charge in [0.25, 0.3) is 5.91 Å². The Morgan fingerprint density at radius 3 is 2.56 bits per heavy atom. The molecular formula is C25H28ClN5O. The van der Waals surface area contributed by atoms with E-state index in [1.54, 1.807) is 12.1 Å². The number of amides is 1. The molecule has 0 saturated carbocycles. The average Bonchev–Trinajstić information content (AvgIpc) is 2.85. The Morgan fingerprint density at radius 2 is 1.84 bits per heavy atom. The second-order valence-corrected chi connectivity index (χ2v) is 8.60. The minimum absolute atomic E-state index is 0.148. The van der Waals surface area contributed by atoms with Gasteiger partial charge in [0.05, 0.1) is 10.6 Å². The maximum absolute atomic E-state index is 13.1. The average molecular weight is 450 g/mol. The van der Waals surface area contributed by atoms with E-state index in [0.717, 1.165) is 37.3 Å². The lowest BCUT2D eigenvalue weighted by Crippen LogP contribution is -2.41. The number of aromatic nitrogens is 2. The van der Waals surface area contributed by atoms with E-state index in [-0.39, 0.29) is 17.9 Å². The van der Waals surface area contributed by atoms with Crippen molar-refractivity contribution < 1.29 is 4.79 Å². The zero-order chi connectivity index (χ0) is 22.3. The molecule has 0 bridgehead atoms. The molecule has 32 heavy (non-hydrogen) atoms. The molecular weight excluding hydrogens is 422 g/mol. The smallest absolute Gasteiger partial charge is 0.258 e. The molecule has 4 rings (SSSR count). The Hall–Kier alpha value is -2.96. The highest BCUT2D eigenvalue weighted by molar-refractivity contribution is 6.30. The number of carbonyl (C=O) groups excluding carboxylic acids is 1. The second-order valence-electron chi connectivity index (χ2n) is 8.16. The van der Waals surface area contributed by atoms with Crippen LogP contribution in [0.3, 0.4) is 0 Å². The van der Waals surface area contributed by atoms with Crippen molar-refractivity contribution in [1.82, 2.24) is 15.3 Å². The van der Waals surface area contributed by atoms with Gasteiger partial charge in [-0.25, -0.2) is 4.98 Å². The lowest BCUT2D eigenvalue weighted by atomic mass is 9.81. The third kappa shape index (κ3) is 5.44. The molecule has 1 fully saturated rings. The lowest BCUT2D eigenvalue weighted by Gasteiger charge is -2.36. The number of benzene rings is 1. The van der Waals surface area contributed by atoms with E-state index in [9.17, 15) is 4.79 Å². The molecule has 1 saturated heterocycles. The molecule has 1 aliphatic rings. The van der Waals surface area contributed by atoms with E-state index in [1.165, 1.54) is 6.20 Å². The Morgan fingerprint density at radius 1 is 1.06 bits per heavy atom. The Labute approximate surface area is 193 Å². The number of anilines is 2. The normalized spacial score (nSPS) is 16.2. The van der Waals surface area contributed by atoms with Crippen LogP contribution in [0.25, 0.3) is 0 Å². The number of para-hydroxylation sites is 1. The molecule has 0 aliphatic carbocycles. The molecule has 1 aliphatic heterocycles. The number of piperidine rings is 1. The molecule has 7 heteroatoms. The molecule has 3 heterocycles. The van der Waals surface area contributed by atoms with E-state index in [1.807, 2.05) is 42.6 Å². The molecule has 3 aromatic rings. The highest BCUT2D eigenvalue weighted by Gasteiger charge is 2.30. The van der Waals surface area contributed by atoms with Crippen LogP contribution in [0.1, 0.15) is 41.7 Å². The third-order valence-electron chi connectivity index (χ3n) is 6.05. The fraction of sp³-hybridized carbons (Fsp3) is 0.320. The van der Waals surface area contributed by atoms with Crippen LogP contribution in [0, 0.1) is 5.92 Å². The van der Waals surface area contributed by atoms with Crippen LogP contribution in [0.5, 0.6) is 0 Å². The van der Waals surface area contributed by atoms with Gasteiger partial charge in [0.2, 0.25) is 0 Å². The van der Waals surface area contributed by atoms with E-state index < -0.39 is 0 Å². The molecule has 2 unspecified atom stereocenters. The van der Waals surface area contributed by atoms with Gasteiger partial charge in [-0.05, 0) is 68.2 Å². The number of halogens is 1. The first kappa shape index (κ1) is 22.2. The Kier molecular flexibility index (Phi) is 7.35. The summed E-state index contributed by atoms with van der Waals surface area (Å²) in [4.78, 5) is 21.8. The van der Waals surface area contributed by atoms with Crippen LogP contribution in [-0.4, -0.2) is 35.0 Å². The standard InChI is InChI=1S/C25H28ClN5O/c1-17(21-7-4-5-13-28-21)24(18-11-14-27-15-12-18)30-22-8-3-2-6-20(22)25(32)31-23-10-9-19(26)16-29-23/h2-10,13,16-18,24,27,30H,11-12,14-15H2,1H3,(H,29,31,32). The van der Waals surface area contributed by atoms with Gasteiger partial charge in [0.1, 0.15) is 5.82 Å². The van der Waals surface area contributed by atoms with Crippen molar-refractivity contribution in [3.05, 3.63) is 83.3 Å². The van der Waals surface area contributed by atoms with Crippen molar-refractivity contribution in [2.75, 3.05) is 23.7 Å². The van der Waals surface area contributed by atoms with Gasteiger partial charge in [0.15, 0.2) is 0 Å². The van der Waals surface area contributed by atoms with Crippen molar-refractivity contribution >= 4 is 29.0 Å². The summed E-state index contributed by atoms with van der Waals surface area (Å²) in [5.41, 5.74) is 2.44. The maximum atomic E-state index is 13.1. The van der Waals surface area contributed by atoms with Crippen molar-refractivity contribution in [3.63, 3.8) is 0 Å². The summed E-state index contributed by atoms with van der Waals surface area (Å²) in [6, 6.07) is 17.2. The number of rotatable bonds is 7. The second kappa shape index (κ2) is 10.6. The molecule has 3 N–H and O–H groups in total. The number of hydrogen-bond acceptors (Lipinski definition) is 5. The summed E-state index contributed by atoms with van der Waals surface area (Å²) in [5, 5.41) is 10.6. The molecule has 0 radical (unpaired) electrons. The quantitative estimate of drug-likeness (QED) is 0.474. The van der Waals surface area contributed by atoms with Crippen LogP contribution in [0.4, 0.5) is 11.5 Å². The predicted molar refractivity (Wildman–Crippen MR) is 129 cm³/mol. The van der Waals surface area contributed by atoms with Crippen molar-refractivity contribution in [3.8, 4) is 0 Å². The van der Waals surface area contributed by atoms with Gasteiger partial charge in [-0.15, -0.1) is 0 Å². The molecule has 1 amide bonds. The summed E-state index contributed by atoms with van der Waals surface area (Å²) in [6.45, 7) is 4.21. The Balaban J connectivity index is 1.59. The van der Waals surface area contributed by atoms with Crippen LogP contribution in [-0.2, 0) is 0 Å². The SMILES string of the molecule is CC(c1ccccn1)C(Nc1ccccc1C(=O)Nc1ccc(Cl)cn1)C1CCNCC1. The number of hydrogen-bond donors (Lipinski definition) is 3. The zero-order valence-corrected chi connectivity index (χ0v) is 18.8. The fourth-order valence-electron chi connectivity index (χ4n) is 4.30. The molecule has 0 spiro atoms. The highest BCUT2D eigenvalue weighted by atomic mass is 35.5. The van der Waals surface area contributed by atoms with Crippen LogP contribution >= 0.6 is 11.6 Å². The first-order valence-corrected chi connectivity index (χ1v) is 11.4. The van der Waals surface area contributed by atoms with Crippen molar-refractivity contribution in [1.29, 1.82) is 0 Å². The molecule has 2 atom stereocenters. The van der Waals surface area contributed by atoms with Crippen LogP contribution in [0.2, 0.25) is 5.02 Å². The third-order valence-corrected chi connectivity index (χ3v) is 6.27. The van der Waals surface area contributed by atoms with E-state index in [4.69, 9.17) is 11.6 Å². The number of pyridine rings is 2. The van der Waals surface area contributed by atoms with E-state index in [0.29, 0.717) is 22.3 Å². The Bertz CT molecular complexity index is 1020. The monoisotopic (exact) mass is 449 g/mol. The van der Waals surface area contributed by atoms with Crippen LogP contribution < -0.4 is 16.0 Å². The summed E-state index contributed by atoms with van der Waals surface area (Å²) >= 11 is 5.91. The van der Waals surface area contributed by atoms with Gasteiger partial charge in [-0.1, -0.05) is 36.7 Å². The predicted octanol–water partition coefficient (Wildman–Crippen LogP) is 4.97. The number of carbonyl (C=O) groups is 1. The van der Waals surface area contributed by atoms with Gasteiger partial charge in [-0.3, -0.25) is 9.78 Å². The first-order valence-electron chi connectivity index (χ1n) is 11.0. The van der Waals surface area contributed by atoms with Gasteiger partial charge in [-0.2, -0.15) is 0 Å². The van der Waals surface area contributed by atoms with E-state index >= 15 is 0 Å². The summed E-state index contributed by atoms with van der Waals surface area (Å²) in [7, 11) is 0. The van der Waals surface area contributed by atoms with Crippen LogP contribution in [0.15, 0.2) is 67.0 Å². The highest BCUT2D eigenvalue weighted by Crippen LogP contribution is 2.32. The van der Waals surface area contributed by atoms with Crippen molar-refractivity contribution in [2.45, 2.75) is 31.7 Å². The summed E-state index contributed by atoms with van der Waals surface area (Å²) < 4.78 is 0. The number of nitrogens with one attached hydrogen (secondary N) is 3. The fourth-order valence-corrected chi connectivity index (χ4v) is 4.42. The minimum Gasteiger partial charge on any atom is -0.381 e. The topological polar surface area (TPSA) is 78.9 Å². The van der Waals surface area contributed by atoms with Gasteiger partial charge < -0.3 is 16.0 Å². The maximum Gasteiger partial charge on any atom is 0.258 e. The summed E-state index contributed by atoms with van der Waals surface area (Å²) in [5.74, 6) is 0.916. The molecule has 166 valence electrons. The van der Waals surface area contributed by atoms with Gasteiger partial charge in [0, 0.05) is 35.7 Å². The molecule has 1 aromatic carbocycles. The molecule has 6 nitrogen and oxygen atoms in total. The lowest BCUT2D eigenvalue weighted by molar-refractivity contribution is 0.102. The number of nitrogens with zero attached hydrogens (tertiary/aromatic N) is 2. The van der Waals surface area contributed by atoms with Gasteiger partial charge >= 0.3 is 0 Å². The molecule has 2 aromatic heterocycles. The zero-order valence-electron chi connectivity index (χ0n) is 18.1. The summed E-state index contributed by atoms with van der Waals surface area (Å²) in [6.07, 6.45) is 5.52. The first-order chi connectivity index (χ1) is 15.6. The largest absolute Gasteiger partial charge is 0.381 e. The van der Waals surface area contributed by atoms with Crippen molar-refractivity contribution in [2.24, 2.45) is 5.92 Å². The minimum atomic E-state index is -0.211.